The average Bonchev–Trinajstić information content (AvgIpc) is 1.99. The van der Waals surface area contributed by atoms with Gasteiger partial charge in [0.2, 0.25) is 0 Å². The maximum atomic E-state index is 12.4. The smallest absolute Gasteiger partial charge is 0.247 e. The van der Waals surface area contributed by atoms with E-state index in [1.54, 1.807) is 22.6 Å². The van der Waals surface area contributed by atoms with Crippen molar-refractivity contribution in [2.75, 3.05) is 0 Å². The first-order valence-electron chi connectivity index (χ1n) is 3.76. The van der Waals surface area contributed by atoms with Crippen molar-refractivity contribution >= 4 is 22.6 Å². The summed E-state index contributed by atoms with van der Waals surface area (Å²) in [5, 5.41) is 0. The third-order valence-corrected chi connectivity index (χ3v) is 2.29. The molecule has 0 aliphatic carbocycles. The lowest BCUT2D eigenvalue weighted by Gasteiger charge is -2.14. The lowest BCUT2D eigenvalue weighted by atomic mass is 10.1. The molecule has 7 heteroatoms. The number of aromatic nitrogens is 1. The lowest BCUT2D eigenvalue weighted by molar-refractivity contribution is -0.139. The molecule has 1 aromatic heterocycles. The van der Waals surface area contributed by atoms with E-state index >= 15 is 0 Å². The molecule has 1 rings (SSSR count). The first-order valence-corrected chi connectivity index (χ1v) is 4.83. The molecular formula is C8H5F5IN. The summed E-state index contributed by atoms with van der Waals surface area (Å²) in [6.07, 6.45) is -7.95. The molecule has 84 valence electrons. The number of hydrogen-bond donors (Lipinski definition) is 0. The molecule has 0 radical (unpaired) electrons. The zero-order chi connectivity index (χ0) is 11.8. The zero-order valence-electron chi connectivity index (χ0n) is 7.37. The third-order valence-electron chi connectivity index (χ3n) is 1.74. The zero-order valence-corrected chi connectivity index (χ0v) is 9.53. The van der Waals surface area contributed by atoms with Crippen LogP contribution in [0.3, 0.4) is 0 Å². The van der Waals surface area contributed by atoms with Gasteiger partial charge in [-0.1, -0.05) is 0 Å². The van der Waals surface area contributed by atoms with Crippen LogP contribution in [0.5, 0.6) is 0 Å². The lowest BCUT2D eigenvalue weighted by Crippen LogP contribution is -2.13. The van der Waals surface area contributed by atoms with Crippen molar-refractivity contribution in [2.24, 2.45) is 0 Å². The number of halogens is 6. The number of alkyl halides is 5. The van der Waals surface area contributed by atoms with E-state index in [1.807, 2.05) is 0 Å². The van der Waals surface area contributed by atoms with E-state index < -0.39 is 23.7 Å². The van der Waals surface area contributed by atoms with Gasteiger partial charge in [-0.2, -0.15) is 13.2 Å². The molecule has 1 nitrogen and oxygen atoms in total. The van der Waals surface area contributed by atoms with Crippen LogP contribution in [0.15, 0.2) is 6.07 Å². The Kier molecular flexibility index (Phi) is 3.51. The fourth-order valence-electron chi connectivity index (χ4n) is 1.15. The number of pyridine rings is 1. The fourth-order valence-corrected chi connectivity index (χ4v) is 1.83. The first-order chi connectivity index (χ1) is 6.73. The molecule has 1 heterocycles. The Hall–Kier alpha value is -0.470. The van der Waals surface area contributed by atoms with E-state index in [4.69, 9.17) is 0 Å². The molecule has 0 N–H and O–H groups in total. The van der Waals surface area contributed by atoms with Gasteiger partial charge in [0.25, 0.3) is 6.43 Å². The second kappa shape index (κ2) is 4.18. The monoisotopic (exact) mass is 337 g/mol. The summed E-state index contributed by atoms with van der Waals surface area (Å²) in [5.74, 6) is 0. The molecule has 0 spiro atoms. The molecule has 0 unspecified atom stereocenters. The Labute approximate surface area is 95.8 Å². The van der Waals surface area contributed by atoms with Gasteiger partial charge in [0, 0.05) is 5.69 Å². The highest BCUT2D eigenvalue weighted by Crippen LogP contribution is 2.37. The Morgan fingerprint density at radius 3 is 2.27 bits per heavy atom. The van der Waals surface area contributed by atoms with Crippen LogP contribution in [0.4, 0.5) is 22.0 Å². The summed E-state index contributed by atoms with van der Waals surface area (Å²) >= 11 is 1.56. The molecule has 0 atom stereocenters. The van der Waals surface area contributed by atoms with E-state index in [-0.39, 0.29) is 9.39 Å². The van der Waals surface area contributed by atoms with Crippen LogP contribution in [0.25, 0.3) is 0 Å². The summed E-state index contributed by atoms with van der Waals surface area (Å²) in [7, 11) is 0. The predicted molar refractivity (Wildman–Crippen MR) is 51.6 cm³/mol. The molecular weight excluding hydrogens is 332 g/mol. The van der Waals surface area contributed by atoms with Crippen molar-refractivity contribution in [3.63, 3.8) is 0 Å². The third kappa shape index (κ3) is 2.76. The fraction of sp³-hybridized carbons (Fsp3) is 0.375. The topological polar surface area (TPSA) is 12.9 Å². The predicted octanol–water partition coefficient (Wildman–Crippen LogP) is 3.95. The van der Waals surface area contributed by atoms with Crippen LogP contribution in [0, 0.1) is 10.6 Å². The van der Waals surface area contributed by atoms with Gasteiger partial charge in [0.05, 0.1) is 11.1 Å². The normalized spacial score (nSPS) is 12.3. The van der Waals surface area contributed by atoms with E-state index in [2.05, 4.69) is 4.98 Å². The van der Waals surface area contributed by atoms with Gasteiger partial charge in [-0.15, -0.1) is 0 Å². The minimum Gasteiger partial charge on any atom is -0.247 e. The van der Waals surface area contributed by atoms with Gasteiger partial charge in [-0.3, -0.25) is 0 Å². The molecule has 0 bridgehead atoms. The van der Waals surface area contributed by atoms with Crippen LogP contribution in [-0.2, 0) is 6.18 Å². The van der Waals surface area contributed by atoms with E-state index in [0.717, 1.165) is 6.92 Å². The Morgan fingerprint density at radius 2 is 1.87 bits per heavy atom. The molecule has 0 saturated heterocycles. The molecule has 0 aromatic carbocycles. The highest BCUT2D eigenvalue weighted by molar-refractivity contribution is 14.1. The van der Waals surface area contributed by atoms with Crippen LogP contribution in [-0.4, -0.2) is 4.98 Å². The quantitative estimate of drug-likeness (QED) is 0.430. The summed E-state index contributed by atoms with van der Waals surface area (Å²) < 4.78 is 62.1. The van der Waals surface area contributed by atoms with Crippen molar-refractivity contribution in [3.05, 3.63) is 26.6 Å². The molecule has 0 fully saturated rings. The molecule has 1 aromatic rings. The molecule has 15 heavy (non-hydrogen) atoms. The van der Waals surface area contributed by atoms with Crippen LogP contribution < -0.4 is 0 Å². The second-order valence-electron chi connectivity index (χ2n) is 2.79. The largest absolute Gasteiger partial charge is 0.417 e. The minimum atomic E-state index is -4.78. The van der Waals surface area contributed by atoms with Gasteiger partial charge in [-0.25, -0.2) is 13.8 Å². The van der Waals surface area contributed by atoms with Gasteiger partial charge >= 0.3 is 6.18 Å². The number of rotatable bonds is 1. The molecule has 0 saturated carbocycles. The number of aryl methyl sites for hydroxylation is 1. The van der Waals surface area contributed by atoms with E-state index in [1.165, 1.54) is 0 Å². The standard InChI is InChI=1S/C8H5F5IN/c1-3-6(7(9)10)4(8(11,12)13)2-5(14)15-3/h2,7H,1H3. The summed E-state index contributed by atoms with van der Waals surface area (Å²) in [5.41, 5.74) is -2.64. The van der Waals surface area contributed by atoms with Crippen LogP contribution >= 0.6 is 22.6 Å². The van der Waals surface area contributed by atoms with E-state index in [0.29, 0.717) is 6.07 Å². The highest BCUT2D eigenvalue weighted by Gasteiger charge is 2.37. The number of nitrogens with zero attached hydrogens (tertiary/aromatic N) is 1. The van der Waals surface area contributed by atoms with Gasteiger partial charge in [0.15, 0.2) is 0 Å². The first kappa shape index (κ1) is 12.6. The maximum absolute atomic E-state index is 12.4. The van der Waals surface area contributed by atoms with Crippen molar-refractivity contribution in [1.82, 2.24) is 4.98 Å². The van der Waals surface area contributed by atoms with Crippen molar-refractivity contribution in [2.45, 2.75) is 19.5 Å². The highest BCUT2D eigenvalue weighted by atomic mass is 127. The molecule has 0 amide bonds. The number of hydrogen-bond acceptors (Lipinski definition) is 1. The average molecular weight is 337 g/mol. The van der Waals surface area contributed by atoms with Gasteiger partial charge in [0.1, 0.15) is 3.70 Å². The minimum absolute atomic E-state index is 0.0434. The van der Waals surface area contributed by atoms with Gasteiger partial charge in [-0.05, 0) is 35.6 Å². The van der Waals surface area contributed by atoms with E-state index in [9.17, 15) is 22.0 Å². The van der Waals surface area contributed by atoms with Crippen LogP contribution in [0.1, 0.15) is 23.2 Å². The SMILES string of the molecule is Cc1nc(I)cc(C(F)(F)F)c1C(F)F. The van der Waals surface area contributed by atoms with Crippen molar-refractivity contribution in [1.29, 1.82) is 0 Å². The second-order valence-corrected chi connectivity index (χ2v) is 3.90. The van der Waals surface area contributed by atoms with Gasteiger partial charge < -0.3 is 0 Å². The van der Waals surface area contributed by atoms with Crippen LogP contribution in [0.2, 0.25) is 0 Å². The van der Waals surface area contributed by atoms with Crippen molar-refractivity contribution in [3.8, 4) is 0 Å². The van der Waals surface area contributed by atoms with Crippen molar-refractivity contribution < 1.29 is 22.0 Å². The molecule has 0 aliphatic heterocycles. The molecule has 0 aliphatic rings. The summed E-state index contributed by atoms with van der Waals surface area (Å²) in [4.78, 5) is 3.58. The summed E-state index contributed by atoms with van der Waals surface area (Å²) in [6.45, 7) is 1.14. The Morgan fingerprint density at radius 1 is 1.33 bits per heavy atom. The Bertz CT molecular complexity index is 374. The maximum Gasteiger partial charge on any atom is 0.417 e. The Balaban J connectivity index is 3.47. The summed E-state index contributed by atoms with van der Waals surface area (Å²) in [6, 6.07) is 0.620.